The molecule has 38 heavy (non-hydrogen) atoms. The molecule has 12 heteroatoms. The maximum atomic E-state index is 12.9. The van der Waals surface area contributed by atoms with Crippen molar-refractivity contribution in [3.05, 3.63) is 64.7 Å². The molecule has 3 rings (SSSR count). The quantitative estimate of drug-likeness (QED) is 0.265. The second-order valence-electron chi connectivity index (χ2n) is 8.70. The van der Waals surface area contributed by atoms with Crippen LogP contribution in [0.2, 0.25) is 5.02 Å². The second kappa shape index (κ2) is 13.3. The lowest BCUT2D eigenvalue weighted by Crippen LogP contribution is -2.37. The van der Waals surface area contributed by atoms with Gasteiger partial charge in [0.15, 0.2) is 5.75 Å². The van der Waals surface area contributed by atoms with Crippen molar-refractivity contribution in [2.75, 3.05) is 36.2 Å². The predicted octanol–water partition coefficient (Wildman–Crippen LogP) is 3.45. The first kappa shape index (κ1) is 29.0. The molecular weight excluding hydrogens is 530 g/mol. The van der Waals surface area contributed by atoms with Crippen molar-refractivity contribution in [3.63, 3.8) is 0 Å². The van der Waals surface area contributed by atoms with Gasteiger partial charge in [-0.1, -0.05) is 42.0 Å². The largest absolute Gasteiger partial charge is 0.489 e. The van der Waals surface area contributed by atoms with Crippen molar-refractivity contribution >= 4 is 51.5 Å². The molecule has 0 saturated carbocycles. The van der Waals surface area contributed by atoms with Crippen molar-refractivity contribution in [1.29, 1.82) is 5.41 Å². The molecule has 0 atom stereocenters. The molecule has 0 spiro atoms. The number of piperidine rings is 1. The second-order valence-corrected chi connectivity index (χ2v) is 11.0. The van der Waals surface area contributed by atoms with Gasteiger partial charge in [-0.15, -0.1) is 0 Å². The van der Waals surface area contributed by atoms with E-state index in [2.05, 4.69) is 9.89 Å². The predicted molar refractivity (Wildman–Crippen MR) is 151 cm³/mol. The summed E-state index contributed by atoms with van der Waals surface area (Å²) in [6.45, 7) is 4.21. The van der Waals surface area contributed by atoms with Gasteiger partial charge in [-0.25, -0.2) is 8.42 Å². The van der Waals surface area contributed by atoms with Crippen molar-refractivity contribution in [2.24, 2.45) is 10.7 Å². The fourth-order valence-corrected chi connectivity index (χ4v) is 5.37. The van der Waals surface area contributed by atoms with E-state index < -0.39 is 21.7 Å². The molecule has 204 valence electrons. The number of nitrogens with one attached hydrogen (secondary N) is 1. The summed E-state index contributed by atoms with van der Waals surface area (Å²) in [5.41, 5.74) is 7.00. The fourth-order valence-electron chi connectivity index (χ4n) is 3.93. The number of nitrogen functional groups attached to an aromatic ring is 1. The number of aliphatic carboxylic acids is 1. The number of amidine groups is 1. The molecule has 0 aromatic heterocycles. The van der Waals surface area contributed by atoms with Crippen molar-refractivity contribution in [2.45, 2.75) is 25.9 Å². The van der Waals surface area contributed by atoms with E-state index in [1.165, 1.54) is 6.07 Å². The number of benzene rings is 2. The lowest BCUT2D eigenvalue weighted by atomic mass is 10.1. The van der Waals surface area contributed by atoms with Gasteiger partial charge in [-0.05, 0) is 36.8 Å². The summed E-state index contributed by atoms with van der Waals surface area (Å²) < 4.78 is 32.9. The highest BCUT2D eigenvalue weighted by atomic mass is 35.5. The van der Waals surface area contributed by atoms with Crippen LogP contribution in [0, 0.1) is 5.41 Å². The Morgan fingerprint density at radius 2 is 2.03 bits per heavy atom. The number of nitrogens with zero attached hydrogens (tertiary/aromatic N) is 3. The summed E-state index contributed by atoms with van der Waals surface area (Å²) in [6, 6.07) is 11.5. The summed E-state index contributed by atoms with van der Waals surface area (Å²) in [4.78, 5) is 17.7. The minimum Gasteiger partial charge on any atom is -0.489 e. The van der Waals surface area contributed by atoms with Crippen molar-refractivity contribution in [1.82, 2.24) is 4.90 Å². The van der Waals surface area contributed by atoms with Crippen LogP contribution >= 0.6 is 11.6 Å². The Kier molecular flexibility index (Phi) is 10.1. The van der Waals surface area contributed by atoms with E-state index in [0.29, 0.717) is 16.9 Å². The van der Waals surface area contributed by atoms with Gasteiger partial charge in [-0.3, -0.25) is 19.5 Å². The first-order valence-electron chi connectivity index (χ1n) is 12.1. The highest BCUT2D eigenvalue weighted by molar-refractivity contribution is 7.93. The van der Waals surface area contributed by atoms with Gasteiger partial charge < -0.3 is 20.5 Å². The van der Waals surface area contributed by atoms with E-state index in [0.717, 1.165) is 36.8 Å². The molecule has 0 amide bonds. The molecular formula is C26H32ClN5O5S. The summed E-state index contributed by atoms with van der Waals surface area (Å²) in [5, 5.41) is 17.0. The van der Waals surface area contributed by atoms with E-state index in [-0.39, 0.29) is 29.2 Å². The van der Waals surface area contributed by atoms with E-state index in [9.17, 15) is 13.2 Å². The number of halogens is 1. The smallest absolute Gasteiger partial charge is 0.320 e. The zero-order valence-corrected chi connectivity index (χ0v) is 22.7. The monoisotopic (exact) mass is 561 g/mol. The Hall–Kier alpha value is -3.57. The first-order chi connectivity index (χ1) is 18.1. The summed E-state index contributed by atoms with van der Waals surface area (Å²) in [5.74, 6) is -2.19. The summed E-state index contributed by atoms with van der Waals surface area (Å²) in [6.07, 6.45) is 6.67. The molecule has 4 N–H and O–H groups in total. The third-order valence-corrected chi connectivity index (χ3v) is 7.76. The van der Waals surface area contributed by atoms with Crippen LogP contribution in [0.3, 0.4) is 0 Å². The molecule has 2 aromatic carbocycles. The van der Waals surface area contributed by atoms with Crippen molar-refractivity contribution < 1.29 is 23.1 Å². The number of nitrogens with two attached hydrogens (primary N) is 1. The Balaban J connectivity index is 1.77. The first-order valence-corrected chi connectivity index (χ1v) is 14.1. The zero-order chi connectivity index (χ0) is 27.7. The number of hydrogen-bond donors (Lipinski definition) is 3. The zero-order valence-electron chi connectivity index (χ0n) is 21.1. The normalized spacial score (nSPS) is 14.7. The van der Waals surface area contributed by atoms with Crippen LogP contribution in [0.25, 0.3) is 6.08 Å². The number of aliphatic imine (C=N–C) groups is 1. The molecule has 1 saturated heterocycles. The maximum Gasteiger partial charge on any atom is 0.320 e. The number of carbonyl (C=O) groups is 1. The minimum atomic E-state index is -4.21. The van der Waals surface area contributed by atoms with Crippen LogP contribution in [-0.2, 0) is 14.8 Å². The van der Waals surface area contributed by atoms with Crippen LogP contribution in [0.15, 0.2) is 53.5 Å². The lowest BCUT2D eigenvalue weighted by molar-refractivity contribution is -0.134. The molecule has 0 radical (unpaired) electrons. The highest BCUT2D eigenvalue weighted by Gasteiger charge is 2.26. The molecule has 1 aliphatic rings. The molecule has 1 aliphatic heterocycles. The molecule has 1 heterocycles. The van der Waals surface area contributed by atoms with Gasteiger partial charge in [0, 0.05) is 38.0 Å². The van der Waals surface area contributed by atoms with Crippen LogP contribution in [-0.4, -0.2) is 74.6 Å². The van der Waals surface area contributed by atoms with Crippen LogP contribution in [0.5, 0.6) is 5.75 Å². The Morgan fingerprint density at radius 3 is 2.66 bits per heavy atom. The standard InChI is InChI=1S/C26H32ClN5O5S/c1-2-30-18-31-13-10-22(11-14-31)37-24-9-8-21(16-23(24)27)32(38(35,36)17-25(33)34)12-4-6-19-5-3-7-20(15-19)26(28)29/h3-9,15-16,18,22H,2,10-14,17H2,1H3,(H3,28,29)(H,33,34)/b6-4+,30-18?. The third-order valence-electron chi connectivity index (χ3n) is 5.82. The van der Waals surface area contributed by atoms with E-state index in [4.69, 9.17) is 32.6 Å². The van der Waals surface area contributed by atoms with Gasteiger partial charge in [0.05, 0.1) is 23.6 Å². The molecule has 10 nitrogen and oxygen atoms in total. The van der Waals surface area contributed by atoms with Gasteiger partial charge in [0.1, 0.15) is 17.7 Å². The number of sulfonamides is 1. The van der Waals surface area contributed by atoms with Crippen LogP contribution in [0.4, 0.5) is 5.69 Å². The van der Waals surface area contributed by atoms with Crippen molar-refractivity contribution in [3.8, 4) is 5.75 Å². The number of rotatable bonds is 12. The Labute approximate surface area is 227 Å². The average Bonchev–Trinajstić information content (AvgIpc) is 2.86. The van der Waals surface area contributed by atoms with E-state index >= 15 is 0 Å². The van der Waals surface area contributed by atoms with E-state index in [1.54, 1.807) is 48.6 Å². The molecule has 1 fully saturated rings. The number of carboxylic acids is 1. The lowest BCUT2D eigenvalue weighted by Gasteiger charge is -2.31. The topological polar surface area (TPSA) is 149 Å². The Morgan fingerprint density at radius 1 is 1.29 bits per heavy atom. The van der Waals surface area contributed by atoms with Crippen LogP contribution < -0.4 is 14.8 Å². The fraction of sp³-hybridized carbons (Fsp3) is 0.346. The average molecular weight is 562 g/mol. The molecule has 2 aromatic rings. The number of ether oxygens (including phenoxy) is 1. The van der Waals surface area contributed by atoms with Gasteiger partial charge >= 0.3 is 5.97 Å². The SMILES string of the molecule is CCN=CN1CCC(Oc2ccc(N(C/C=C/c3cccc(C(=N)N)c3)S(=O)(=O)CC(=O)O)cc2Cl)CC1. The summed E-state index contributed by atoms with van der Waals surface area (Å²) in [7, 11) is -4.21. The minimum absolute atomic E-state index is 0.0369. The maximum absolute atomic E-state index is 12.9. The summed E-state index contributed by atoms with van der Waals surface area (Å²) >= 11 is 6.48. The highest BCUT2D eigenvalue weighted by Crippen LogP contribution is 2.32. The Bertz CT molecular complexity index is 1310. The van der Waals surface area contributed by atoms with Gasteiger partial charge in [0.25, 0.3) is 0 Å². The molecule has 0 aliphatic carbocycles. The van der Waals surface area contributed by atoms with E-state index in [1.807, 2.05) is 13.3 Å². The number of carboxylic acid groups (broad SMARTS) is 1. The van der Waals surface area contributed by atoms with Gasteiger partial charge in [0.2, 0.25) is 10.0 Å². The molecule has 0 bridgehead atoms. The number of anilines is 1. The number of likely N-dealkylation sites (tertiary alicyclic amines) is 1. The third kappa shape index (κ3) is 8.22. The molecule has 0 unspecified atom stereocenters. The number of hydrogen-bond acceptors (Lipinski definition) is 6. The van der Waals surface area contributed by atoms with Gasteiger partial charge in [-0.2, -0.15) is 0 Å². The van der Waals surface area contributed by atoms with Crippen LogP contribution in [0.1, 0.15) is 30.9 Å².